The SMILES string of the molecule is CSc1ccc(C(=O)NCc2nc(N(C)C)nc(N3CCCCC3)n2)cc1. The normalized spacial score (nSPS) is 14.1. The van der Waals surface area contributed by atoms with Crippen LogP contribution in [-0.4, -0.2) is 54.3 Å². The number of nitrogens with one attached hydrogen (secondary N) is 1. The molecule has 0 saturated carbocycles. The number of amides is 1. The summed E-state index contributed by atoms with van der Waals surface area (Å²) in [4.78, 5) is 31.3. The van der Waals surface area contributed by atoms with E-state index in [1.54, 1.807) is 11.8 Å². The van der Waals surface area contributed by atoms with Crippen molar-refractivity contribution in [3.8, 4) is 0 Å². The number of anilines is 2. The first-order chi connectivity index (χ1) is 13.1. The minimum absolute atomic E-state index is 0.131. The summed E-state index contributed by atoms with van der Waals surface area (Å²) in [5, 5.41) is 2.91. The van der Waals surface area contributed by atoms with Crippen LogP contribution < -0.4 is 15.1 Å². The van der Waals surface area contributed by atoms with Crippen molar-refractivity contribution in [3.63, 3.8) is 0 Å². The van der Waals surface area contributed by atoms with Gasteiger partial charge in [-0.15, -0.1) is 11.8 Å². The van der Waals surface area contributed by atoms with Crippen molar-refractivity contribution in [2.75, 3.05) is 43.2 Å². The predicted octanol–water partition coefficient (Wildman–Crippen LogP) is 2.58. The van der Waals surface area contributed by atoms with E-state index >= 15 is 0 Å². The minimum Gasteiger partial charge on any atom is -0.347 e. The van der Waals surface area contributed by atoms with Gasteiger partial charge in [0.1, 0.15) is 0 Å². The van der Waals surface area contributed by atoms with Crippen LogP contribution in [0.2, 0.25) is 0 Å². The van der Waals surface area contributed by atoms with E-state index in [2.05, 4.69) is 25.2 Å². The maximum atomic E-state index is 12.4. The Kier molecular flexibility index (Phi) is 6.49. The van der Waals surface area contributed by atoms with Crippen LogP contribution in [0.4, 0.5) is 11.9 Å². The first-order valence-electron chi connectivity index (χ1n) is 9.16. The highest BCUT2D eigenvalue weighted by Gasteiger charge is 2.17. The molecule has 0 aliphatic carbocycles. The highest BCUT2D eigenvalue weighted by Crippen LogP contribution is 2.18. The molecule has 1 aliphatic heterocycles. The number of hydrogen-bond acceptors (Lipinski definition) is 7. The third-order valence-corrected chi connectivity index (χ3v) is 5.20. The number of hydrogen-bond donors (Lipinski definition) is 1. The van der Waals surface area contributed by atoms with Crippen molar-refractivity contribution in [2.24, 2.45) is 0 Å². The van der Waals surface area contributed by atoms with Crippen molar-refractivity contribution >= 4 is 29.6 Å². The van der Waals surface area contributed by atoms with Gasteiger partial charge in [0.2, 0.25) is 11.9 Å². The number of aromatic nitrogens is 3. The Bertz CT molecular complexity index is 774. The molecule has 1 amide bonds. The smallest absolute Gasteiger partial charge is 0.251 e. The van der Waals surface area contributed by atoms with Crippen LogP contribution in [0.3, 0.4) is 0 Å². The molecule has 27 heavy (non-hydrogen) atoms. The molecule has 144 valence electrons. The number of carbonyl (C=O) groups excluding carboxylic acids is 1. The monoisotopic (exact) mass is 386 g/mol. The van der Waals surface area contributed by atoms with Gasteiger partial charge in [0, 0.05) is 37.6 Å². The Balaban J connectivity index is 1.72. The van der Waals surface area contributed by atoms with E-state index in [0.717, 1.165) is 30.8 Å². The van der Waals surface area contributed by atoms with Gasteiger partial charge in [0.15, 0.2) is 5.82 Å². The first kappa shape index (κ1) is 19.4. The molecule has 0 bridgehead atoms. The molecular formula is C19H26N6OS. The minimum atomic E-state index is -0.131. The van der Waals surface area contributed by atoms with Gasteiger partial charge < -0.3 is 15.1 Å². The zero-order valence-electron chi connectivity index (χ0n) is 16.1. The maximum absolute atomic E-state index is 12.4. The van der Waals surface area contributed by atoms with Gasteiger partial charge in [-0.25, -0.2) is 0 Å². The molecule has 2 aromatic rings. The summed E-state index contributed by atoms with van der Waals surface area (Å²) >= 11 is 1.65. The number of carbonyl (C=O) groups is 1. The van der Waals surface area contributed by atoms with Gasteiger partial charge in [0.25, 0.3) is 5.91 Å². The summed E-state index contributed by atoms with van der Waals surface area (Å²) < 4.78 is 0. The summed E-state index contributed by atoms with van der Waals surface area (Å²) in [5.41, 5.74) is 0.631. The molecule has 1 N–H and O–H groups in total. The lowest BCUT2D eigenvalue weighted by Gasteiger charge is -2.27. The van der Waals surface area contributed by atoms with Crippen LogP contribution in [0.15, 0.2) is 29.2 Å². The van der Waals surface area contributed by atoms with E-state index in [9.17, 15) is 4.79 Å². The van der Waals surface area contributed by atoms with Crippen LogP contribution in [0.25, 0.3) is 0 Å². The van der Waals surface area contributed by atoms with Crippen LogP contribution in [-0.2, 0) is 6.54 Å². The molecular weight excluding hydrogens is 360 g/mol. The van der Waals surface area contributed by atoms with Crippen LogP contribution in [0.5, 0.6) is 0 Å². The Hall–Kier alpha value is -2.35. The molecule has 0 atom stereocenters. The van der Waals surface area contributed by atoms with E-state index in [1.165, 1.54) is 6.42 Å². The van der Waals surface area contributed by atoms with Crippen molar-refractivity contribution in [1.82, 2.24) is 20.3 Å². The topological polar surface area (TPSA) is 74.2 Å². The van der Waals surface area contributed by atoms with Gasteiger partial charge in [-0.05, 0) is 49.8 Å². The van der Waals surface area contributed by atoms with Crippen LogP contribution >= 0.6 is 11.8 Å². The number of thioether (sulfide) groups is 1. The average Bonchev–Trinajstić information content (AvgIpc) is 2.72. The third kappa shape index (κ3) is 5.09. The molecule has 7 nitrogen and oxygen atoms in total. The largest absolute Gasteiger partial charge is 0.347 e. The highest BCUT2D eigenvalue weighted by atomic mass is 32.2. The van der Waals surface area contributed by atoms with E-state index < -0.39 is 0 Å². The fourth-order valence-electron chi connectivity index (χ4n) is 2.91. The molecule has 0 radical (unpaired) electrons. The number of nitrogens with zero attached hydrogens (tertiary/aromatic N) is 5. The van der Waals surface area contributed by atoms with Gasteiger partial charge in [-0.3, -0.25) is 4.79 Å². The molecule has 1 saturated heterocycles. The zero-order valence-corrected chi connectivity index (χ0v) is 16.9. The Labute approximate surface area is 164 Å². The fourth-order valence-corrected chi connectivity index (χ4v) is 3.32. The second-order valence-corrected chi connectivity index (χ2v) is 7.58. The molecule has 2 heterocycles. The van der Waals surface area contributed by atoms with Crippen LogP contribution in [0, 0.1) is 0 Å². The number of benzene rings is 1. The van der Waals surface area contributed by atoms with Gasteiger partial charge in [-0.1, -0.05) is 0 Å². The van der Waals surface area contributed by atoms with E-state index in [-0.39, 0.29) is 12.5 Å². The second kappa shape index (κ2) is 9.03. The quantitative estimate of drug-likeness (QED) is 0.765. The van der Waals surface area contributed by atoms with Crippen molar-refractivity contribution in [3.05, 3.63) is 35.7 Å². The van der Waals surface area contributed by atoms with Crippen molar-refractivity contribution < 1.29 is 4.79 Å². The molecule has 3 rings (SSSR count). The van der Waals surface area contributed by atoms with E-state index in [0.29, 0.717) is 23.3 Å². The Morgan fingerprint density at radius 2 is 1.81 bits per heavy atom. The summed E-state index contributed by atoms with van der Waals surface area (Å²) in [6, 6.07) is 7.56. The van der Waals surface area contributed by atoms with E-state index in [4.69, 9.17) is 0 Å². The molecule has 1 aliphatic rings. The third-order valence-electron chi connectivity index (χ3n) is 4.46. The average molecular weight is 387 g/mol. The van der Waals surface area contributed by atoms with Gasteiger partial charge in [0.05, 0.1) is 6.54 Å². The summed E-state index contributed by atoms with van der Waals surface area (Å²) in [6.07, 6.45) is 5.57. The molecule has 1 fully saturated rings. The second-order valence-electron chi connectivity index (χ2n) is 6.70. The summed E-state index contributed by atoms with van der Waals surface area (Å²) in [6.45, 7) is 2.20. The van der Waals surface area contributed by atoms with Crippen LogP contribution in [0.1, 0.15) is 35.4 Å². The van der Waals surface area contributed by atoms with Crippen molar-refractivity contribution in [2.45, 2.75) is 30.7 Å². The van der Waals surface area contributed by atoms with Gasteiger partial charge in [-0.2, -0.15) is 15.0 Å². The predicted molar refractivity (Wildman–Crippen MR) is 110 cm³/mol. The maximum Gasteiger partial charge on any atom is 0.251 e. The lowest BCUT2D eigenvalue weighted by atomic mass is 10.1. The number of piperidine rings is 1. The van der Waals surface area contributed by atoms with Gasteiger partial charge >= 0.3 is 0 Å². The van der Waals surface area contributed by atoms with Crippen molar-refractivity contribution in [1.29, 1.82) is 0 Å². The number of rotatable bonds is 6. The molecule has 0 spiro atoms. The fraction of sp³-hybridized carbons (Fsp3) is 0.474. The molecule has 8 heteroatoms. The molecule has 1 aromatic heterocycles. The highest BCUT2D eigenvalue weighted by molar-refractivity contribution is 7.98. The first-order valence-corrected chi connectivity index (χ1v) is 10.4. The zero-order chi connectivity index (χ0) is 19.2. The summed E-state index contributed by atoms with van der Waals surface area (Å²) in [7, 11) is 3.82. The Morgan fingerprint density at radius 3 is 2.44 bits per heavy atom. The summed E-state index contributed by atoms with van der Waals surface area (Å²) in [5.74, 6) is 1.75. The molecule has 1 aromatic carbocycles. The van der Waals surface area contributed by atoms with E-state index in [1.807, 2.05) is 49.5 Å². The Morgan fingerprint density at radius 1 is 1.11 bits per heavy atom. The lowest BCUT2D eigenvalue weighted by Crippen LogP contribution is -2.32. The molecule has 0 unspecified atom stereocenters. The standard InChI is InChI=1S/C19H26N6OS/c1-24(2)18-21-16(22-19(23-18)25-11-5-4-6-12-25)13-20-17(26)14-7-9-15(27-3)10-8-14/h7-10H,4-6,11-13H2,1-3H3,(H,20,26). The lowest BCUT2D eigenvalue weighted by molar-refractivity contribution is 0.0950.